The average Bonchev–Trinajstić information content (AvgIpc) is 2.44. The van der Waals surface area contributed by atoms with E-state index >= 15 is 0 Å². The number of aryl methyl sites for hydroxylation is 1. The summed E-state index contributed by atoms with van der Waals surface area (Å²) in [6.45, 7) is 5.73. The fourth-order valence-electron chi connectivity index (χ4n) is 1.97. The summed E-state index contributed by atoms with van der Waals surface area (Å²) < 4.78 is 0. The summed E-state index contributed by atoms with van der Waals surface area (Å²) in [5, 5.41) is 10.3. The standard InChI is InChI=1S/C17H26N2O/c1-4-5-6-7-8-15-9-11-16(12-10-15)17(20)19-14(3)13(2)18/h9-12,14,18H,4-8H2,1-3H3,(H,19,20). The number of unbranched alkanes of at least 4 members (excludes halogenated alkanes) is 3. The van der Waals surface area contributed by atoms with Crippen molar-refractivity contribution in [3.05, 3.63) is 35.4 Å². The van der Waals surface area contributed by atoms with Gasteiger partial charge in [-0.25, -0.2) is 0 Å². The highest BCUT2D eigenvalue weighted by Crippen LogP contribution is 2.10. The maximum Gasteiger partial charge on any atom is 0.251 e. The molecule has 1 aromatic carbocycles. The zero-order valence-corrected chi connectivity index (χ0v) is 12.8. The largest absolute Gasteiger partial charge is 0.344 e. The maximum atomic E-state index is 12.0. The molecule has 0 aliphatic rings. The molecule has 3 nitrogen and oxygen atoms in total. The van der Waals surface area contributed by atoms with E-state index in [0.29, 0.717) is 11.3 Å². The normalized spacial score (nSPS) is 11.9. The third-order valence-electron chi connectivity index (χ3n) is 3.53. The monoisotopic (exact) mass is 274 g/mol. The summed E-state index contributed by atoms with van der Waals surface area (Å²) in [5.74, 6) is -0.110. The number of hydrogen-bond donors (Lipinski definition) is 2. The molecule has 1 aromatic rings. The highest BCUT2D eigenvalue weighted by molar-refractivity contribution is 5.97. The molecule has 2 N–H and O–H groups in total. The van der Waals surface area contributed by atoms with E-state index in [9.17, 15) is 4.79 Å². The van der Waals surface area contributed by atoms with Crippen molar-refractivity contribution >= 4 is 11.6 Å². The number of hydrogen-bond acceptors (Lipinski definition) is 2. The number of nitrogens with one attached hydrogen (secondary N) is 2. The summed E-state index contributed by atoms with van der Waals surface area (Å²) in [6, 6.07) is 7.59. The molecule has 0 fully saturated rings. The Morgan fingerprint density at radius 1 is 1.20 bits per heavy atom. The fraction of sp³-hybridized carbons (Fsp3) is 0.529. The second kappa shape index (κ2) is 8.51. The van der Waals surface area contributed by atoms with Crippen molar-refractivity contribution in [1.82, 2.24) is 5.32 Å². The Labute approximate surface area is 122 Å². The number of rotatable bonds is 8. The summed E-state index contributed by atoms with van der Waals surface area (Å²) >= 11 is 0. The van der Waals surface area contributed by atoms with Crippen LogP contribution < -0.4 is 5.32 Å². The summed E-state index contributed by atoms with van der Waals surface area (Å²) in [5.41, 5.74) is 2.41. The van der Waals surface area contributed by atoms with Crippen LogP contribution in [0.4, 0.5) is 0 Å². The third-order valence-corrected chi connectivity index (χ3v) is 3.53. The van der Waals surface area contributed by atoms with Crippen molar-refractivity contribution in [3.63, 3.8) is 0 Å². The van der Waals surface area contributed by atoms with Gasteiger partial charge in [-0.05, 0) is 44.4 Å². The van der Waals surface area contributed by atoms with Crippen LogP contribution in [0.5, 0.6) is 0 Å². The van der Waals surface area contributed by atoms with Gasteiger partial charge >= 0.3 is 0 Å². The van der Waals surface area contributed by atoms with Gasteiger partial charge in [-0.15, -0.1) is 0 Å². The van der Waals surface area contributed by atoms with Crippen LogP contribution >= 0.6 is 0 Å². The molecule has 0 radical (unpaired) electrons. The second-order valence-corrected chi connectivity index (χ2v) is 5.39. The number of amides is 1. The lowest BCUT2D eigenvalue weighted by atomic mass is 10.0. The smallest absolute Gasteiger partial charge is 0.251 e. The average molecular weight is 274 g/mol. The van der Waals surface area contributed by atoms with Gasteiger partial charge in [0.15, 0.2) is 0 Å². The summed E-state index contributed by atoms with van der Waals surface area (Å²) in [4.78, 5) is 12.0. The predicted molar refractivity (Wildman–Crippen MR) is 84.6 cm³/mol. The Balaban J connectivity index is 2.49. The van der Waals surface area contributed by atoms with Crippen molar-refractivity contribution in [2.75, 3.05) is 0 Å². The molecule has 0 spiro atoms. The lowest BCUT2D eigenvalue weighted by Gasteiger charge is -2.12. The lowest BCUT2D eigenvalue weighted by Crippen LogP contribution is -2.36. The zero-order valence-electron chi connectivity index (χ0n) is 12.8. The van der Waals surface area contributed by atoms with Crippen LogP contribution in [0.1, 0.15) is 62.4 Å². The van der Waals surface area contributed by atoms with Gasteiger partial charge in [-0.2, -0.15) is 0 Å². The first-order valence-corrected chi connectivity index (χ1v) is 7.49. The van der Waals surface area contributed by atoms with Crippen LogP contribution in [0, 0.1) is 5.41 Å². The first kappa shape index (κ1) is 16.4. The number of carbonyl (C=O) groups excluding carboxylic acids is 1. The minimum absolute atomic E-state index is 0.110. The van der Waals surface area contributed by atoms with Gasteiger partial charge in [0.25, 0.3) is 5.91 Å². The molecule has 0 aromatic heterocycles. The number of benzene rings is 1. The van der Waals surface area contributed by atoms with Gasteiger partial charge in [0.05, 0.1) is 6.04 Å². The third kappa shape index (κ3) is 5.55. The Morgan fingerprint density at radius 3 is 2.40 bits per heavy atom. The first-order chi connectivity index (χ1) is 9.54. The molecule has 0 aliphatic heterocycles. The first-order valence-electron chi connectivity index (χ1n) is 7.49. The van der Waals surface area contributed by atoms with Crippen LogP contribution in [0.15, 0.2) is 24.3 Å². The molecule has 110 valence electrons. The molecule has 0 saturated heterocycles. The molecule has 1 atom stereocenters. The molecule has 0 heterocycles. The van der Waals surface area contributed by atoms with E-state index in [-0.39, 0.29) is 11.9 Å². The number of carbonyl (C=O) groups is 1. The van der Waals surface area contributed by atoms with E-state index < -0.39 is 0 Å². The van der Waals surface area contributed by atoms with Gasteiger partial charge in [-0.3, -0.25) is 4.79 Å². The molecule has 1 rings (SSSR count). The van der Waals surface area contributed by atoms with E-state index in [2.05, 4.69) is 12.2 Å². The van der Waals surface area contributed by atoms with E-state index in [1.807, 2.05) is 31.2 Å². The molecule has 3 heteroatoms. The Morgan fingerprint density at radius 2 is 1.85 bits per heavy atom. The lowest BCUT2D eigenvalue weighted by molar-refractivity contribution is 0.0949. The van der Waals surface area contributed by atoms with E-state index in [4.69, 9.17) is 5.41 Å². The van der Waals surface area contributed by atoms with Crippen molar-refractivity contribution in [1.29, 1.82) is 5.41 Å². The highest BCUT2D eigenvalue weighted by Gasteiger charge is 2.10. The van der Waals surface area contributed by atoms with Crippen molar-refractivity contribution in [2.45, 2.75) is 58.9 Å². The highest BCUT2D eigenvalue weighted by atomic mass is 16.1. The Bertz CT molecular complexity index is 437. The molecule has 1 unspecified atom stereocenters. The molecule has 0 bridgehead atoms. The quantitative estimate of drug-likeness (QED) is 0.547. The van der Waals surface area contributed by atoms with Crippen molar-refractivity contribution < 1.29 is 4.79 Å². The van der Waals surface area contributed by atoms with E-state index in [0.717, 1.165) is 6.42 Å². The molecular weight excluding hydrogens is 248 g/mol. The topological polar surface area (TPSA) is 53.0 Å². The summed E-state index contributed by atoms with van der Waals surface area (Å²) in [6.07, 6.45) is 6.11. The van der Waals surface area contributed by atoms with Crippen molar-refractivity contribution in [2.24, 2.45) is 0 Å². The minimum atomic E-state index is -0.212. The van der Waals surface area contributed by atoms with E-state index in [1.165, 1.54) is 31.2 Å². The van der Waals surface area contributed by atoms with Crippen LogP contribution in [-0.4, -0.2) is 17.7 Å². The zero-order chi connectivity index (χ0) is 15.0. The van der Waals surface area contributed by atoms with Crippen LogP contribution in [0.2, 0.25) is 0 Å². The van der Waals surface area contributed by atoms with Crippen molar-refractivity contribution in [3.8, 4) is 0 Å². The van der Waals surface area contributed by atoms with Gasteiger partial charge in [0, 0.05) is 11.3 Å². The van der Waals surface area contributed by atoms with Crippen LogP contribution in [-0.2, 0) is 6.42 Å². The molecule has 0 saturated carbocycles. The summed E-state index contributed by atoms with van der Waals surface area (Å²) in [7, 11) is 0. The Hall–Kier alpha value is -1.64. The molecular formula is C17H26N2O. The maximum absolute atomic E-state index is 12.0. The molecule has 0 aliphatic carbocycles. The fourth-order valence-corrected chi connectivity index (χ4v) is 1.97. The molecule has 20 heavy (non-hydrogen) atoms. The second-order valence-electron chi connectivity index (χ2n) is 5.39. The van der Waals surface area contributed by atoms with Crippen LogP contribution in [0.25, 0.3) is 0 Å². The van der Waals surface area contributed by atoms with Gasteiger partial charge in [-0.1, -0.05) is 38.3 Å². The van der Waals surface area contributed by atoms with Gasteiger partial charge in [0.1, 0.15) is 0 Å². The van der Waals surface area contributed by atoms with Gasteiger partial charge < -0.3 is 10.7 Å². The minimum Gasteiger partial charge on any atom is -0.344 e. The Kier molecular flexibility index (Phi) is 6.99. The SMILES string of the molecule is CCCCCCc1ccc(C(=O)NC(C)C(C)=N)cc1. The van der Waals surface area contributed by atoms with E-state index in [1.54, 1.807) is 6.92 Å². The van der Waals surface area contributed by atoms with Gasteiger partial charge in [0.2, 0.25) is 0 Å². The molecule has 1 amide bonds. The van der Waals surface area contributed by atoms with Crippen LogP contribution in [0.3, 0.4) is 0 Å². The predicted octanol–water partition coefficient (Wildman–Crippen LogP) is 3.97.